The van der Waals surface area contributed by atoms with Gasteiger partial charge in [0.1, 0.15) is 5.54 Å². The molecule has 5 nitrogen and oxygen atoms in total. The first-order valence-electron chi connectivity index (χ1n) is 6.93. The van der Waals surface area contributed by atoms with Gasteiger partial charge in [-0.3, -0.25) is 9.59 Å². The summed E-state index contributed by atoms with van der Waals surface area (Å²) >= 11 is 3.35. The van der Waals surface area contributed by atoms with E-state index < -0.39 is 5.54 Å². The highest BCUT2D eigenvalue weighted by Crippen LogP contribution is 2.22. The first kappa shape index (κ1) is 17.7. The number of likely N-dealkylation sites (N-methyl/N-ethyl adjacent to an activating group) is 2. The molecule has 1 unspecified atom stereocenters. The lowest BCUT2D eigenvalue weighted by atomic mass is 9.91. The molecule has 1 aromatic rings. The van der Waals surface area contributed by atoms with Gasteiger partial charge in [-0.15, -0.1) is 0 Å². The second-order valence-corrected chi connectivity index (χ2v) is 5.90. The van der Waals surface area contributed by atoms with E-state index in [2.05, 4.69) is 21.2 Å². The molecule has 6 heteroatoms. The summed E-state index contributed by atoms with van der Waals surface area (Å²) in [4.78, 5) is 25.8. The zero-order valence-corrected chi connectivity index (χ0v) is 14.2. The van der Waals surface area contributed by atoms with Gasteiger partial charge < -0.3 is 16.0 Å². The summed E-state index contributed by atoms with van der Waals surface area (Å²) in [6.45, 7) is 6.32. The third-order valence-corrected chi connectivity index (χ3v) is 3.79. The molecule has 0 bridgehead atoms. The van der Waals surface area contributed by atoms with Gasteiger partial charge in [0.2, 0.25) is 11.8 Å². The van der Waals surface area contributed by atoms with Gasteiger partial charge in [-0.25, -0.2) is 0 Å². The molecule has 0 aliphatic heterocycles. The van der Waals surface area contributed by atoms with E-state index in [1.54, 1.807) is 6.92 Å². The molecule has 0 aliphatic rings. The fourth-order valence-electron chi connectivity index (χ4n) is 2.00. The molecule has 2 amide bonds. The van der Waals surface area contributed by atoms with Crippen molar-refractivity contribution < 1.29 is 9.59 Å². The van der Waals surface area contributed by atoms with Gasteiger partial charge in [-0.1, -0.05) is 28.1 Å². The molecule has 0 fully saturated rings. The maximum atomic E-state index is 12.6. The molecule has 0 aromatic heterocycles. The van der Waals surface area contributed by atoms with E-state index in [0.717, 1.165) is 4.47 Å². The number of halogens is 1. The van der Waals surface area contributed by atoms with Crippen molar-refractivity contribution in [1.29, 1.82) is 0 Å². The predicted molar refractivity (Wildman–Crippen MR) is 86.6 cm³/mol. The number of benzene rings is 1. The minimum atomic E-state index is -1.16. The van der Waals surface area contributed by atoms with E-state index in [9.17, 15) is 9.59 Å². The van der Waals surface area contributed by atoms with E-state index >= 15 is 0 Å². The molecule has 0 spiro atoms. The first-order chi connectivity index (χ1) is 9.82. The molecule has 1 aromatic carbocycles. The summed E-state index contributed by atoms with van der Waals surface area (Å²) in [5, 5.41) is 2.68. The summed E-state index contributed by atoms with van der Waals surface area (Å²) < 4.78 is 0.921. The third kappa shape index (κ3) is 4.54. The van der Waals surface area contributed by atoms with Gasteiger partial charge in [-0.05, 0) is 38.5 Å². The lowest BCUT2D eigenvalue weighted by molar-refractivity contribution is -0.140. The van der Waals surface area contributed by atoms with E-state index in [-0.39, 0.29) is 18.4 Å². The van der Waals surface area contributed by atoms with E-state index in [0.29, 0.717) is 18.7 Å². The Labute approximate surface area is 134 Å². The molecule has 0 aliphatic carbocycles. The van der Waals surface area contributed by atoms with Crippen molar-refractivity contribution in [2.45, 2.75) is 26.3 Å². The smallest absolute Gasteiger partial charge is 0.247 e. The summed E-state index contributed by atoms with van der Waals surface area (Å²) in [6.07, 6.45) is 0. The lowest BCUT2D eigenvalue weighted by Crippen LogP contribution is -2.53. The number of carbonyl (C=O) groups excluding carboxylic acids is 2. The number of nitrogens with zero attached hydrogens (tertiary/aromatic N) is 1. The van der Waals surface area contributed by atoms with Crippen molar-refractivity contribution in [3.63, 3.8) is 0 Å². The zero-order valence-electron chi connectivity index (χ0n) is 12.6. The Kier molecular flexibility index (Phi) is 6.36. The Bertz CT molecular complexity index is 500. The Hall–Kier alpha value is -1.40. The van der Waals surface area contributed by atoms with E-state index in [1.165, 1.54) is 4.90 Å². The van der Waals surface area contributed by atoms with Crippen molar-refractivity contribution in [3.05, 3.63) is 34.3 Å². The van der Waals surface area contributed by atoms with E-state index in [1.807, 2.05) is 38.1 Å². The standard InChI is InChI=1S/C15H22BrN3O2/c1-4-18-13(20)10-19(5-2)14(21)15(3,17)11-6-8-12(16)9-7-11/h6-9H,4-5,10,17H2,1-3H3,(H,18,20). The molecule has 116 valence electrons. The summed E-state index contributed by atoms with van der Waals surface area (Å²) in [5.41, 5.74) is 5.77. The van der Waals surface area contributed by atoms with E-state index in [4.69, 9.17) is 5.73 Å². The lowest BCUT2D eigenvalue weighted by Gasteiger charge is -2.31. The van der Waals surface area contributed by atoms with Crippen LogP contribution in [0, 0.1) is 0 Å². The summed E-state index contributed by atoms with van der Waals surface area (Å²) in [5.74, 6) is -0.446. The highest BCUT2D eigenvalue weighted by atomic mass is 79.9. The van der Waals surface area contributed by atoms with Gasteiger partial charge in [-0.2, -0.15) is 0 Å². The number of hydrogen-bond acceptors (Lipinski definition) is 3. The molecule has 0 radical (unpaired) electrons. The number of hydrogen-bond donors (Lipinski definition) is 2. The molecule has 1 rings (SSSR count). The summed E-state index contributed by atoms with van der Waals surface area (Å²) in [7, 11) is 0. The number of carbonyl (C=O) groups is 2. The van der Waals surface area contributed by atoms with Crippen LogP contribution in [0.2, 0.25) is 0 Å². The molecule has 1 atom stereocenters. The molecule has 0 saturated heterocycles. The average molecular weight is 356 g/mol. The zero-order chi connectivity index (χ0) is 16.0. The largest absolute Gasteiger partial charge is 0.355 e. The van der Waals surface area contributed by atoms with Crippen molar-refractivity contribution in [2.24, 2.45) is 5.73 Å². The molecule has 0 heterocycles. The fraction of sp³-hybridized carbons (Fsp3) is 0.467. The highest BCUT2D eigenvalue weighted by molar-refractivity contribution is 9.10. The second kappa shape index (κ2) is 7.56. The van der Waals surface area contributed by atoms with Crippen LogP contribution in [0.25, 0.3) is 0 Å². The molecule has 3 N–H and O–H groups in total. The Morgan fingerprint density at radius 1 is 1.29 bits per heavy atom. The predicted octanol–water partition coefficient (Wildman–Crippen LogP) is 1.61. The Balaban J connectivity index is 2.91. The van der Waals surface area contributed by atoms with Crippen molar-refractivity contribution in [1.82, 2.24) is 10.2 Å². The van der Waals surface area contributed by atoms with Gasteiger partial charge in [0, 0.05) is 17.6 Å². The third-order valence-electron chi connectivity index (χ3n) is 3.27. The minimum absolute atomic E-state index is 0.0203. The van der Waals surface area contributed by atoms with Crippen LogP contribution in [0.1, 0.15) is 26.3 Å². The van der Waals surface area contributed by atoms with Crippen LogP contribution in [0.15, 0.2) is 28.7 Å². The normalized spacial score (nSPS) is 13.4. The maximum Gasteiger partial charge on any atom is 0.247 e. The monoisotopic (exact) mass is 355 g/mol. The van der Waals surface area contributed by atoms with Gasteiger partial charge in [0.25, 0.3) is 0 Å². The molecule has 21 heavy (non-hydrogen) atoms. The Morgan fingerprint density at radius 3 is 2.33 bits per heavy atom. The minimum Gasteiger partial charge on any atom is -0.355 e. The number of rotatable bonds is 6. The van der Waals surface area contributed by atoms with Crippen LogP contribution in [-0.4, -0.2) is 36.3 Å². The van der Waals surface area contributed by atoms with Gasteiger partial charge >= 0.3 is 0 Å². The van der Waals surface area contributed by atoms with Crippen LogP contribution < -0.4 is 11.1 Å². The SMILES string of the molecule is CCNC(=O)CN(CC)C(=O)C(C)(N)c1ccc(Br)cc1. The fourth-order valence-corrected chi connectivity index (χ4v) is 2.27. The van der Waals surface area contributed by atoms with Crippen molar-refractivity contribution in [3.8, 4) is 0 Å². The molecule has 0 saturated carbocycles. The second-order valence-electron chi connectivity index (χ2n) is 4.98. The van der Waals surface area contributed by atoms with Gasteiger partial charge in [0.05, 0.1) is 6.54 Å². The van der Waals surface area contributed by atoms with Crippen LogP contribution in [0.3, 0.4) is 0 Å². The topological polar surface area (TPSA) is 75.4 Å². The van der Waals surface area contributed by atoms with Gasteiger partial charge in [0.15, 0.2) is 0 Å². The summed E-state index contributed by atoms with van der Waals surface area (Å²) in [6, 6.07) is 7.30. The molecular weight excluding hydrogens is 334 g/mol. The number of nitrogens with one attached hydrogen (secondary N) is 1. The highest BCUT2D eigenvalue weighted by Gasteiger charge is 2.34. The van der Waals surface area contributed by atoms with Crippen LogP contribution in [-0.2, 0) is 15.1 Å². The van der Waals surface area contributed by atoms with Crippen molar-refractivity contribution >= 4 is 27.7 Å². The van der Waals surface area contributed by atoms with Crippen molar-refractivity contribution in [2.75, 3.05) is 19.6 Å². The quantitative estimate of drug-likeness (QED) is 0.813. The van der Waals surface area contributed by atoms with Crippen LogP contribution in [0.4, 0.5) is 0 Å². The maximum absolute atomic E-state index is 12.6. The number of nitrogens with two attached hydrogens (primary N) is 1. The Morgan fingerprint density at radius 2 is 1.86 bits per heavy atom. The molecular formula is C15H22BrN3O2. The van der Waals surface area contributed by atoms with Crippen LogP contribution in [0.5, 0.6) is 0 Å². The van der Waals surface area contributed by atoms with Crippen LogP contribution >= 0.6 is 15.9 Å². The first-order valence-corrected chi connectivity index (χ1v) is 7.73. The number of amides is 2. The average Bonchev–Trinajstić information content (AvgIpc) is 2.44.